The molecule has 0 aliphatic carbocycles. The number of aromatic nitrogens is 2. The van der Waals surface area contributed by atoms with Crippen LogP contribution in [0.3, 0.4) is 0 Å². The van der Waals surface area contributed by atoms with Crippen LogP contribution >= 0.6 is 11.3 Å². The molecule has 2 aromatic heterocycles. The summed E-state index contributed by atoms with van der Waals surface area (Å²) in [6.45, 7) is 3.67. The zero-order valence-corrected chi connectivity index (χ0v) is 14.5. The molecule has 2 aromatic rings. The number of sulfonamides is 1. The second kappa shape index (κ2) is 6.64. The van der Waals surface area contributed by atoms with E-state index in [9.17, 15) is 18.5 Å². The molecule has 0 saturated heterocycles. The summed E-state index contributed by atoms with van der Waals surface area (Å²) >= 11 is 1.19. The molecule has 0 unspecified atom stereocenters. The third-order valence-corrected chi connectivity index (χ3v) is 6.02. The molecular weight excluding hydrogens is 342 g/mol. The zero-order chi connectivity index (χ0) is 17.2. The van der Waals surface area contributed by atoms with Crippen molar-refractivity contribution in [2.45, 2.75) is 18.1 Å². The maximum atomic E-state index is 12.0. The van der Waals surface area contributed by atoms with Gasteiger partial charge in [0.25, 0.3) is 0 Å². The van der Waals surface area contributed by atoms with Crippen LogP contribution in [0.2, 0.25) is 0 Å². The lowest BCUT2D eigenvalue weighted by Crippen LogP contribution is -2.28. The Morgan fingerprint density at radius 2 is 2.04 bits per heavy atom. The number of anilines is 1. The fourth-order valence-electron chi connectivity index (χ4n) is 2.06. The van der Waals surface area contributed by atoms with Crippen molar-refractivity contribution in [1.82, 2.24) is 14.5 Å². The van der Waals surface area contributed by atoms with Crippen LogP contribution in [0.4, 0.5) is 11.5 Å². The molecule has 126 valence electrons. The molecule has 0 atom stereocenters. The van der Waals surface area contributed by atoms with Gasteiger partial charge in [-0.3, -0.25) is 10.1 Å². The van der Waals surface area contributed by atoms with Gasteiger partial charge >= 0.3 is 5.69 Å². The highest BCUT2D eigenvalue weighted by molar-refractivity contribution is 7.91. The number of hydrogen-bond donors (Lipinski definition) is 2. The minimum Gasteiger partial charge on any atom is -0.363 e. The Morgan fingerprint density at radius 1 is 1.35 bits per heavy atom. The first kappa shape index (κ1) is 17.4. The first-order chi connectivity index (χ1) is 10.7. The number of nitrogens with one attached hydrogen (secondary N) is 2. The minimum atomic E-state index is -3.55. The molecule has 0 amide bonds. The monoisotopic (exact) mass is 359 g/mol. The van der Waals surface area contributed by atoms with Crippen LogP contribution in [-0.2, 0) is 17.1 Å². The lowest BCUT2D eigenvalue weighted by Gasteiger charge is -2.07. The summed E-state index contributed by atoms with van der Waals surface area (Å²) in [5.74, 6) is 0.249. The highest BCUT2D eigenvalue weighted by Gasteiger charge is 2.23. The standard InChI is InChI=1S/C12H17N5O4S2/c1-8-4-5-10(22-8)23(20,21)14-7-6-13-12-11(17(18)19)9(2)15-16(12)3/h4-5,13-14H,6-7H2,1-3H3. The molecule has 2 N–H and O–H groups in total. The van der Waals surface area contributed by atoms with Crippen molar-refractivity contribution < 1.29 is 13.3 Å². The zero-order valence-electron chi connectivity index (χ0n) is 12.9. The topological polar surface area (TPSA) is 119 Å². The number of rotatable bonds is 7. The molecule has 0 fully saturated rings. The molecule has 0 aliphatic rings. The summed E-state index contributed by atoms with van der Waals surface area (Å²) < 4.78 is 28.2. The molecule has 0 aliphatic heterocycles. The SMILES string of the molecule is Cc1ccc(S(=O)(=O)NCCNc2c([N+](=O)[O-])c(C)nn2C)s1. The van der Waals surface area contributed by atoms with Gasteiger partial charge in [-0.25, -0.2) is 17.8 Å². The number of nitrogens with zero attached hydrogens (tertiary/aromatic N) is 3. The van der Waals surface area contributed by atoms with Crippen LogP contribution in [0, 0.1) is 24.0 Å². The molecule has 23 heavy (non-hydrogen) atoms. The van der Waals surface area contributed by atoms with Crippen molar-refractivity contribution >= 4 is 32.9 Å². The van der Waals surface area contributed by atoms with Gasteiger partial charge in [-0.05, 0) is 26.0 Å². The second-order valence-electron chi connectivity index (χ2n) is 4.85. The van der Waals surface area contributed by atoms with Gasteiger partial charge in [0.15, 0.2) is 0 Å². The van der Waals surface area contributed by atoms with Crippen molar-refractivity contribution in [2.24, 2.45) is 7.05 Å². The van der Waals surface area contributed by atoms with Crippen molar-refractivity contribution in [3.05, 3.63) is 32.8 Å². The van der Waals surface area contributed by atoms with E-state index in [0.717, 1.165) is 4.88 Å². The molecule has 11 heteroatoms. The van der Waals surface area contributed by atoms with E-state index >= 15 is 0 Å². The average Bonchev–Trinajstić information content (AvgIpc) is 2.99. The smallest absolute Gasteiger partial charge is 0.333 e. The second-order valence-corrected chi connectivity index (χ2v) is 8.13. The number of thiophene rings is 1. The molecule has 0 spiro atoms. The third-order valence-electron chi connectivity index (χ3n) is 3.06. The maximum absolute atomic E-state index is 12.0. The highest BCUT2D eigenvalue weighted by Crippen LogP contribution is 2.26. The Kier molecular flexibility index (Phi) is 5.02. The molecule has 0 radical (unpaired) electrons. The lowest BCUT2D eigenvalue weighted by molar-refractivity contribution is -0.384. The largest absolute Gasteiger partial charge is 0.363 e. The number of hydrogen-bond acceptors (Lipinski definition) is 7. The predicted molar refractivity (Wildman–Crippen MR) is 87.3 cm³/mol. The molecule has 0 bridgehead atoms. The van der Waals surface area contributed by atoms with Crippen LogP contribution in [0.25, 0.3) is 0 Å². The van der Waals surface area contributed by atoms with Gasteiger partial charge < -0.3 is 5.32 Å². The van der Waals surface area contributed by atoms with E-state index in [1.165, 1.54) is 16.0 Å². The first-order valence-electron chi connectivity index (χ1n) is 6.70. The predicted octanol–water partition coefficient (Wildman–Crippen LogP) is 1.40. The van der Waals surface area contributed by atoms with E-state index in [4.69, 9.17) is 0 Å². The Balaban J connectivity index is 1.97. The molecule has 2 rings (SSSR count). The Bertz CT molecular complexity index is 825. The van der Waals surface area contributed by atoms with Crippen molar-refractivity contribution in [3.63, 3.8) is 0 Å². The highest BCUT2D eigenvalue weighted by atomic mass is 32.2. The van der Waals surface area contributed by atoms with Gasteiger partial charge in [-0.1, -0.05) is 0 Å². The average molecular weight is 359 g/mol. The Labute approximate surface area is 137 Å². The summed E-state index contributed by atoms with van der Waals surface area (Å²) in [5.41, 5.74) is 0.193. The summed E-state index contributed by atoms with van der Waals surface area (Å²) in [6, 6.07) is 3.28. The summed E-state index contributed by atoms with van der Waals surface area (Å²) in [5, 5.41) is 17.9. The fraction of sp³-hybridized carbons (Fsp3) is 0.417. The fourth-order valence-corrected chi connectivity index (χ4v) is 4.42. The molecule has 2 heterocycles. The molecule has 9 nitrogen and oxygen atoms in total. The Hall–Kier alpha value is -1.98. The van der Waals surface area contributed by atoms with E-state index in [2.05, 4.69) is 15.1 Å². The Morgan fingerprint density at radius 3 is 2.61 bits per heavy atom. The van der Waals surface area contributed by atoms with E-state index < -0.39 is 14.9 Å². The minimum absolute atomic E-state index is 0.0979. The van der Waals surface area contributed by atoms with Gasteiger partial charge in [-0.2, -0.15) is 5.10 Å². The van der Waals surface area contributed by atoms with Crippen molar-refractivity contribution in [2.75, 3.05) is 18.4 Å². The van der Waals surface area contributed by atoms with Gasteiger partial charge in [0.2, 0.25) is 15.8 Å². The van der Waals surface area contributed by atoms with Crippen LogP contribution in [-0.4, -0.2) is 36.2 Å². The molecule has 0 saturated carbocycles. The van der Waals surface area contributed by atoms with Crippen LogP contribution in [0.1, 0.15) is 10.6 Å². The number of aryl methyl sites for hydroxylation is 3. The number of nitro groups is 1. The van der Waals surface area contributed by atoms with Crippen LogP contribution in [0.5, 0.6) is 0 Å². The summed E-state index contributed by atoms with van der Waals surface area (Å²) in [7, 11) is -1.97. The third kappa shape index (κ3) is 3.86. The maximum Gasteiger partial charge on any atom is 0.333 e. The van der Waals surface area contributed by atoms with E-state index in [-0.39, 0.29) is 28.8 Å². The first-order valence-corrected chi connectivity index (χ1v) is 9.00. The van der Waals surface area contributed by atoms with Crippen LogP contribution in [0.15, 0.2) is 16.3 Å². The molecule has 0 aromatic carbocycles. The van der Waals surface area contributed by atoms with Gasteiger partial charge in [0, 0.05) is 25.0 Å². The normalized spacial score (nSPS) is 11.6. The van der Waals surface area contributed by atoms with Crippen LogP contribution < -0.4 is 10.0 Å². The van der Waals surface area contributed by atoms with E-state index in [1.54, 1.807) is 26.1 Å². The summed E-state index contributed by atoms with van der Waals surface area (Å²) in [4.78, 5) is 11.4. The van der Waals surface area contributed by atoms with Crippen molar-refractivity contribution in [1.29, 1.82) is 0 Å². The van der Waals surface area contributed by atoms with Gasteiger partial charge in [0.05, 0.1) is 4.92 Å². The summed E-state index contributed by atoms with van der Waals surface area (Å²) in [6.07, 6.45) is 0. The van der Waals surface area contributed by atoms with E-state index in [0.29, 0.717) is 5.69 Å². The lowest BCUT2D eigenvalue weighted by atomic mass is 10.4. The van der Waals surface area contributed by atoms with E-state index in [1.807, 2.05) is 6.92 Å². The van der Waals surface area contributed by atoms with Gasteiger partial charge in [0.1, 0.15) is 9.90 Å². The van der Waals surface area contributed by atoms with Gasteiger partial charge in [-0.15, -0.1) is 11.3 Å². The van der Waals surface area contributed by atoms with Crippen molar-refractivity contribution in [3.8, 4) is 0 Å². The quantitative estimate of drug-likeness (QED) is 0.438. The molecular formula is C12H17N5O4S2.